The van der Waals surface area contributed by atoms with Crippen molar-refractivity contribution in [3.63, 3.8) is 0 Å². The number of rotatable bonds is 4. The van der Waals surface area contributed by atoms with Gasteiger partial charge in [0.1, 0.15) is 5.75 Å². The maximum Gasteiger partial charge on any atom is 0.115 e. The van der Waals surface area contributed by atoms with Crippen LogP contribution in [0.1, 0.15) is 30.0 Å². The highest BCUT2D eigenvalue weighted by Crippen LogP contribution is 2.25. The molecule has 0 saturated heterocycles. The molecule has 0 amide bonds. The van der Waals surface area contributed by atoms with Crippen molar-refractivity contribution in [1.29, 1.82) is 0 Å². The van der Waals surface area contributed by atoms with Crippen LogP contribution in [0.2, 0.25) is 0 Å². The molecule has 0 radical (unpaired) electrons. The van der Waals surface area contributed by atoms with Crippen LogP contribution in [0.5, 0.6) is 5.75 Å². The van der Waals surface area contributed by atoms with Gasteiger partial charge in [-0.05, 0) is 48.6 Å². The smallest absolute Gasteiger partial charge is 0.115 e. The van der Waals surface area contributed by atoms with E-state index < -0.39 is 0 Å². The molecule has 0 aromatic heterocycles. The Morgan fingerprint density at radius 3 is 2.20 bits per heavy atom. The molecule has 2 aromatic carbocycles. The van der Waals surface area contributed by atoms with E-state index >= 15 is 0 Å². The van der Waals surface area contributed by atoms with Crippen molar-refractivity contribution in [2.75, 3.05) is 0 Å². The van der Waals surface area contributed by atoms with Crippen molar-refractivity contribution in [3.8, 4) is 5.75 Å². The summed E-state index contributed by atoms with van der Waals surface area (Å²) >= 11 is 0. The first-order valence-corrected chi connectivity index (χ1v) is 7.31. The third-order valence-corrected chi connectivity index (χ3v) is 4.28. The highest BCUT2D eigenvalue weighted by atomic mass is 16.3. The van der Waals surface area contributed by atoms with E-state index in [1.54, 1.807) is 12.1 Å². The minimum absolute atomic E-state index is 0.344. The number of nitrogens with zero attached hydrogens (tertiary/aromatic N) is 1. The van der Waals surface area contributed by atoms with Gasteiger partial charge < -0.3 is 5.11 Å². The second-order valence-electron chi connectivity index (χ2n) is 5.73. The second kappa shape index (κ2) is 5.68. The topological polar surface area (TPSA) is 23.5 Å². The number of aromatic hydroxyl groups is 1. The summed E-state index contributed by atoms with van der Waals surface area (Å²) in [5, 5.41) is 9.30. The zero-order chi connectivity index (χ0) is 13.9. The predicted octanol–water partition coefficient (Wildman–Crippen LogP) is 3.73. The van der Waals surface area contributed by atoms with Gasteiger partial charge in [-0.15, -0.1) is 0 Å². The van der Waals surface area contributed by atoms with E-state index in [4.69, 9.17) is 0 Å². The molecule has 0 aliphatic carbocycles. The van der Waals surface area contributed by atoms with Crippen molar-refractivity contribution < 1.29 is 5.11 Å². The SMILES string of the molecule is CC(CCc1ccc(O)cc1)N1Cc2ccccc2C1. The zero-order valence-corrected chi connectivity index (χ0v) is 11.9. The Kier molecular flexibility index (Phi) is 3.75. The fraction of sp³-hybridized carbons (Fsp3) is 0.333. The predicted molar refractivity (Wildman–Crippen MR) is 81.6 cm³/mol. The van der Waals surface area contributed by atoms with Crippen LogP contribution in [0.15, 0.2) is 48.5 Å². The molecule has 2 heteroatoms. The fourth-order valence-corrected chi connectivity index (χ4v) is 2.89. The average Bonchev–Trinajstić information content (AvgIpc) is 2.90. The van der Waals surface area contributed by atoms with E-state index in [1.165, 1.54) is 16.7 Å². The Morgan fingerprint density at radius 1 is 1.00 bits per heavy atom. The van der Waals surface area contributed by atoms with Crippen LogP contribution in [0.4, 0.5) is 0 Å². The van der Waals surface area contributed by atoms with Crippen molar-refractivity contribution in [2.45, 2.75) is 38.9 Å². The molecular weight excluding hydrogens is 246 g/mol. The summed E-state index contributed by atoms with van der Waals surface area (Å²) in [7, 11) is 0. The fourth-order valence-electron chi connectivity index (χ4n) is 2.89. The van der Waals surface area contributed by atoms with Crippen molar-refractivity contribution >= 4 is 0 Å². The van der Waals surface area contributed by atoms with Gasteiger partial charge in [-0.25, -0.2) is 0 Å². The largest absolute Gasteiger partial charge is 0.508 e. The Bertz CT molecular complexity index is 551. The van der Waals surface area contributed by atoms with Gasteiger partial charge in [-0.3, -0.25) is 4.90 Å². The molecule has 3 rings (SSSR count). The molecule has 2 nitrogen and oxygen atoms in total. The minimum Gasteiger partial charge on any atom is -0.508 e. The molecule has 1 unspecified atom stereocenters. The van der Waals surface area contributed by atoms with E-state index in [-0.39, 0.29) is 0 Å². The Hall–Kier alpha value is -1.80. The zero-order valence-electron chi connectivity index (χ0n) is 11.9. The molecule has 1 atom stereocenters. The second-order valence-corrected chi connectivity index (χ2v) is 5.73. The molecular formula is C18H21NO. The number of phenolic OH excluding ortho intramolecular Hbond substituents is 1. The summed E-state index contributed by atoms with van der Waals surface area (Å²) in [6.07, 6.45) is 2.22. The average molecular weight is 267 g/mol. The van der Waals surface area contributed by atoms with Gasteiger partial charge >= 0.3 is 0 Å². The van der Waals surface area contributed by atoms with E-state index in [2.05, 4.69) is 36.1 Å². The van der Waals surface area contributed by atoms with Gasteiger partial charge in [0.05, 0.1) is 0 Å². The standard InChI is InChI=1S/C18H21NO/c1-14(6-7-15-8-10-18(20)11-9-15)19-12-16-4-2-3-5-17(16)13-19/h2-5,8-11,14,20H,6-7,12-13H2,1H3. The number of fused-ring (bicyclic) bond motifs is 1. The molecule has 1 aliphatic rings. The third-order valence-electron chi connectivity index (χ3n) is 4.28. The normalized spacial score (nSPS) is 16.1. The summed E-state index contributed by atoms with van der Waals surface area (Å²) < 4.78 is 0. The molecule has 0 spiro atoms. The number of benzene rings is 2. The van der Waals surface area contributed by atoms with E-state index in [0.717, 1.165) is 25.9 Å². The van der Waals surface area contributed by atoms with Gasteiger partial charge in [0.15, 0.2) is 0 Å². The summed E-state index contributed by atoms with van der Waals surface area (Å²) in [6, 6.07) is 16.9. The van der Waals surface area contributed by atoms with Crippen LogP contribution < -0.4 is 0 Å². The van der Waals surface area contributed by atoms with E-state index in [1.807, 2.05) is 12.1 Å². The highest BCUT2D eigenvalue weighted by molar-refractivity contribution is 5.30. The van der Waals surface area contributed by atoms with Crippen molar-refractivity contribution in [1.82, 2.24) is 4.90 Å². The molecule has 1 aliphatic heterocycles. The number of phenols is 1. The summed E-state index contributed by atoms with van der Waals surface area (Å²) in [6.45, 7) is 4.46. The maximum absolute atomic E-state index is 9.30. The molecule has 0 bridgehead atoms. The third kappa shape index (κ3) is 2.86. The molecule has 0 fully saturated rings. The van der Waals surface area contributed by atoms with Crippen LogP contribution in [-0.4, -0.2) is 16.0 Å². The van der Waals surface area contributed by atoms with Crippen molar-refractivity contribution in [3.05, 3.63) is 65.2 Å². The van der Waals surface area contributed by atoms with Gasteiger partial charge in [0, 0.05) is 19.1 Å². The monoisotopic (exact) mass is 267 g/mol. The first-order chi connectivity index (χ1) is 9.72. The first kappa shape index (κ1) is 13.2. The Morgan fingerprint density at radius 2 is 1.60 bits per heavy atom. The quantitative estimate of drug-likeness (QED) is 0.912. The first-order valence-electron chi connectivity index (χ1n) is 7.31. The molecule has 104 valence electrons. The van der Waals surface area contributed by atoms with Crippen LogP contribution in [0.25, 0.3) is 0 Å². The molecule has 2 aromatic rings. The lowest BCUT2D eigenvalue weighted by atomic mass is 10.1. The lowest BCUT2D eigenvalue weighted by Gasteiger charge is -2.23. The van der Waals surface area contributed by atoms with Crippen molar-refractivity contribution in [2.24, 2.45) is 0 Å². The van der Waals surface area contributed by atoms with Gasteiger partial charge in [-0.1, -0.05) is 36.4 Å². The lowest BCUT2D eigenvalue weighted by molar-refractivity contribution is 0.203. The van der Waals surface area contributed by atoms with Gasteiger partial charge in [-0.2, -0.15) is 0 Å². The summed E-state index contributed by atoms with van der Waals surface area (Å²) in [5.74, 6) is 0.344. The van der Waals surface area contributed by atoms with Gasteiger partial charge in [0.25, 0.3) is 0 Å². The molecule has 20 heavy (non-hydrogen) atoms. The van der Waals surface area contributed by atoms with E-state index in [9.17, 15) is 5.11 Å². The Labute approximate surface area is 120 Å². The maximum atomic E-state index is 9.30. The van der Waals surface area contributed by atoms with Crippen LogP contribution in [0.3, 0.4) is 0 Å². The summed E-state index contributed by atoms with van der Waals surface area (Å²) in [4.78, 5) is 2.55. The molecule has 0 saturated carbocycles. The van der Waals surface area contributed by atoms with Crippen LogP contribution >= 0.6 is 0 Å². The lowest BCUT2D eigenvalue weighted by Crippen LogP contribution is -2.28. The molecule has 1 N–H and O–H groups in total. The van der Waals surface area contributed by atoms with Crippen LogP contribution in [0, 0.1) is 0 Å². The number of aryl methyl sites for hydroxylation is 1. The highest BCUT2D eigenvalue weighted by Gasteiger charge is 2.22. The number of hydrogen-bond acceptors (Lipinski definition) is 2. The summed E-state index contributed by atoms with van der Waals surface area (Å²) in [5.41, 5.74) is 4.25. The molecule has 1 heterocycles. The van der Waals surface area contributed by atoms with Crippen LogP contribution in [-0.2, 0) is 19.5 Å². The number of hydrogen-bond donors (Lipinski definition) is 1. The van der Waals surface area contributed by atoms with E-state index in [0.29, 0.717) is 11.8 Å². The minimum atomic E-state index is 0.344. The van der Waals surface area contributed by atoms with Gasteiger partial charge in [0.2, 0.25) is 0 Å². The Balaban J connectivity index is 1.56.